The van der Waals surface area contributed by atoms with Crippen molar-refractivity contribution < 1.29 is 9.53 Å². The first-order valence-corrected chi connectivity index (χ1v) is 8.39. The highest BCUT2D eigenvalue weighted by atomic mass is 16.5. The molecule has 4 heteroatoms. The van der Waals surface area contributed by atoms with Crippen LogP contribution in [0.1, 0.15) is 48.0 Å². The Morgan fingerprint density at radius 1 is 1.23 bits per heavy atom. The zero-order valence-electron chi connectivity index (χ0n) is 13.6. The van der Waals surface area contributed by atoms with Crippen molar-refractivity contribution in [2.24, 2.45) is 0 Å². The molecular weight excluding hydrogens is 276 g/mol. The van der Waals surface area contributed by atoms with Crippen LogP contribution in [0.15, 0.2) is 18.2 Å². The molecule has 0 radical (unpaired) electrons. The third kappa shape index (κ3) is 2.98. The van der Waals surface area contributed by atoms with Crippen molar-refractivity contribution in [3.05, 3.63) is 29.3 Å². The molecule has 1 N–H and O–H groups in total. The quantitative estimate of drug-likeness (QED) is 0.930. The number of rotatable bonds is 4. The summed E-state index contributed by atoms with van der Waals surface area (Å²) in [7, 11) is 1.62. The van der Waals surface area contributed by atoms with E-state index in [0.717, 1.165) is 12.0 Å². The maximum Gasteiger partial charge on any atom is 0.255 e. The Labute approximate surface area is 132 Å². The number of ether oxygens (including phenoxy) is 1. The van der Waals surface area contributed by atoms with Gasteiger partial charge in [0, 0.05) is 12.1 Å². The van der Waals surface area contributed by atoms with Crippen molar-refractivity contribution in [1.29, 1.82) is 0 Å². The van der Waals surface area contributed by atoms with Crippen LogP contribution >= 0.6 is 0 Å². The van der Waals surface area contributed by atoms with E-state index in [4.69, 9.17) is 4.74 Å². The number of benzene rings is 1. The Bertz CT molecular complexity index is 538. The monoisotopic (exact) mass is 302 g/mol. The summed E-state index contributed by atoms with van der Waals surface area (Å²) in [6.07, 6.45) is 6.08. The summed E-state index contributed by atoms with van der Waals surface area (Å²) in [5.74, 6) is 0.666. The van der Waals surface area contributed by atoms with Crippen molar-refractivity contribution in [1.82, 2.24) is 10.2 Å². The Morgan fingerprint density at radius 2 is 2.00 bits per heavy atom. The number of methoxy groups -OCH3 is 1. The molecular formula is C18H26N2O2. The van der Waals surface area contributed by atoms with Crippen molar-refractivity contribution in [2.75, 3.05) is 20.2 Å². The molecule has 1 aliphatic carbocycles. The molecule has 1 saturated carbocycles. The number of hydrogen-bond donors (Lipinski definition) is 1. The van der Waals surface area contributed by atoms with Crippen molar-refractivity contribution in [3.8, 4) is 5.75 Å². The van der Waals surface area contributed by atoms with E-state index in [-0.39, 0.29) is 11.9 Å². The van der Waals surface area contributed by atoms with Crippen LogP contribution in [0.5, 0.6) is 5.75 Å². The highest BCUT2D eigenvalue weighted by Gasteiger charge is 2.34. The molecule has 2 aliphatic rings. The third-order valence-electron chi connectivity index (χ3n) is 5.09. The van der Waals surface area contributed by atoms with Crippen molar-refractivity contribution in [2.45, 2.75) is 51.1 Å². The summed E-state index contributed by atoms with van der Waals surface area (Å²) in [4.78, 5) is 15.3. The van der Waals surface area contributed by atoms with Gasteiger partial charge in [-0.3, -0.25) is 9.69 Å². The molecule has 4 nitrogen and oxygen atoms in total. The van der Waals surface area contributed by atoms with Gasteiger partial charge in [0.25, 0.3) is 5.91 Å². The van der Waals surface area contributed by atoms with E-state index < -0.39 is 0 Å². The summed E-state index contributed by atoms with van der Waals surface area (Å²) in [6.45, 7) is 4.33. The zero-order valence-corrected chi connectivity index (χ0v) is 13.6. The average molecular weight is 302 g/mol. The zero-order chi connectivity index (χ0) is 15.5. The van der Waals surface area contributed by atoms with Gasteiger partial charge >= 0.3 is 0 Å². The molecule has 0 bridgehead atoms. The van der Waals surface area contributed by atoms with Crippen molar-refractivity contribution in [3.63, 3.8) is 0 Å². The molecule has 2 atom stereocenters. The highest BCUT2D eigenvalue weighted by molar-refractivity contribution is 5.98. The SMILES string of the molecule is COc1cccc(C)c1C(=O)N[C@@H]1CCC[C@@H]1N1CCCC1. The number of nitrogens with zero attached hydrogens (tertiary/aromatic N) is 1. The molecule has 120 valence electrons. The maximum absolute atomic E-state index is 12.8. The molecule has 1 aliphatic heterocycles. The summed E-state index contributed by atoms with van der Waals surface area (Å²) < 4.78 is 5.37. The van der Waals surface area contributed by atoms with Crippen LogP contribution < -0.4 is 10.1 Å². The first-order chi connectivity index (χ1) is 10.7. The van der Waals surface area contributed by atoms with Crippen LogP contribution in [0, 0.1) is 6.92 Å². The number of hydrogen-bond acceptors (Lipinski definition) is 3. The van der Waals surface area contributed by atoms with Gasteiger partial charge in [0.1, 0.15) is 5.75 Å². The Hall–Kier alpha value is -1.55. The molecule has 1 amide bonds. The predicted octanol–water partition coefficient (Wildman–Crippen LogP) is 2.75. The van der Waals surface area contributed by atoms with Crippen LogP contribution in [0.2, 0.25) is 0 Å². The number of carbonyl (C=O) groups is 1. The first-order valence-electron chi connectivity index (χ1n) is 8.39. The second-order valence-electron chi connectivity index (χ2n) is 6.47. The van der Waals surface area contributed by atoms with E-state index in [1.54, 1.807) is 7.11 Å². The molecule has 2 fully saturated rings. The minimum absolute atomic E-state index is 0.00560. The molecule has 3 rings (SSSR count). The minimum atomic E-state index is 0.00560. The Kier molecular flexibility index (Phi) is 4.67. The van der Waals surface area contributed by atoms with Crippen LogP contribution in [0.25, 0.3) is 0 Å². The lowest BCUT2D eigenvalue weighted by atomic mass is 10.1. The lowest BCUT2D eigenvalue weighted by Gasteiger charge is -2.30. The predicted molar refractivity (Wildman–Crippen MR) is 87.4 cm³/mol. The molecule has 1 aromatic carbocycles. The molecule has 0 unspecified atom stereocenters. The second kappa shape index (κ2) is 6.69. The Balaban J connectivity index is 1.73. The van der Waals surface area contributed by atoms with Gasteiger partial charge in [-0.05, 0) is 63.7 Å². The molecule has 22 heavy (non-hydrogen) atoms. The fourth-order valence-electron chi connectivity index (χ4n) is 3.96. The molecule has 1 heterocycles. The molecule has 1 saturated heterocycles. The second-order valence-corrected chi connectivity index (χ2v) is 6.47. The summed E-state index contributed by atoms with van der Waals surface area (Å²) in [5, 5.41) is 3.28. The number of amides is 1. The third-order valence-corrected chi connectivity index (χ3v) is 5.09. The smallest absolute Gasteiger partial charge is 0.255 e. The standard InChI is InChI=1S/C18H26N2O2/c1-13-7-5-10-16(22-2)17(13)18(21)19-14-8-6-9-15(14)20-11-3-4-12-20/h5,7,10,14-15H,3-4,6,8-9,11-12H2,1-2H3,(H,19,21)/t14-,15+/m1/s1. The minimum Gasteiger partial charge on any atom is -0.496 e. The first kappa shape index (κ1) is 15.3. The maximum atomic E-state index is 12.8. The van der Waals surface area contributed by atoms with Gasteiger partial charge in [0.15, 0.2) is 0 Å². The van der Waals surface area contributed by atoms with Crippen LogP contribution in [0.3, 0.4) is 0 Å². The van der Waals surface area contributed by atoms with Gasteiger partial charge in [-0.15, -0.1) is 0 Å². The largest absolute Gasteiger partial charge is 0.496 e. The normalized spacial score (nSPS) is 25.4. The van der Waals surface area contributed by atoms with Crippen LogP contribution in [-0.4, -0.2) is 43.1 Å². The van der Waals surface area contributed by atoms with Gasteiger partial charge < -0.3 is 10.1 Å². The van der Waals surface area contributed by atoms with E-state index in [0.29, 0.717) is 17.4 Å². The van der Waals surface area contributed by atoms with Crippen molar-refractivity contribution >= 4 is 5.91 Å². The van der Waals surface area contributed by atoms with Gasteiger partial charge in [0.05, 0.1) is 12.7 Å². The van der Waals surface area contributed by atoms with Crippen LogP contribution in [-0.2, 0) is 0 Å². The van der Waals surface area contributed by atoms with Gasteiger partial charge in [0.2, 0.25) is 0 Å². The van der Waals surface area contributed by atoms with E-state index >= 15 is 0 Å². The number of aryl methyl sites for hydroxylation is 1. The fourth-order valence-corrected chi connectivity index (χ4v) is 3.96. The average Bonchev–Trinajstić information content (AvgIpc) is 3.17. The summed E-state index contributed by atoms with van der Waals surface area (Å²) in [5.41, 5.74) is 1.64. The van der Waals surface area contributed by atoms with E-state index in [9.17, 15) is 4.79 Å². The molecule has 1 aromatic rings. The fraction of sp³-hybridized carbons (Fsp3) is 0.611. The summed E-state index contributed by atoms with van der Waals surface area (Å²) >= 11 is 0. The number of likely N-dealkylation sites (tertiary alicyclic amines) is 1. The topological polar surface area (TPSA) is 41.6 Å². The molecule has 0 spiro atoms. The van der Waals surface area contributed by atoms with E-state index in [2.05, 4.69) is 10.2 Å². The molecule has 0 aromatic heterocycles. The van der Waals surface area contributed by atoms with Gasteiger partial charge in [-0.1, -0.05) is 12.1 Å². The number of carbonyl (C=O) groups excluding carboxylic acids is 1. The summed E-state index contributed by atoms with van der Waals surface area (Å²) in [6, 6.07) is 6.53. The Morgan fingerprint density at radius 3 is 2.73 bits per heavy atom. The lowest BCUT2D eigenvalue weighted by molar-refractivity contribution is 0.0908. The van der Waals surface area contributed by atoms with E-state index in [1.165, 1.54) is 38.8 Å². The van der Waals surface area contributed by atoms with Crippen LogP contribution in [0.4, 0.5) is 0 Å². The van der Waals surface area contributed by atoms with Gasteiger partial charge in [-0.2, -0.15) is 0 Å². The van der Waals surface area contributed by atoms with Gasteiger partial charge in [-0.25, -0.2) is 0 Å². The number of nitrogens with one attached hydrogen (secondary N) is 1. The lowest BCUT2D eigenvalue weighted by Crippen LogP contribution is -2.47. The highest BCUT2D eigenvalue weighted by Crippen LogP contribution is 2.28. The van der Waals surface area contributed by atoms with E-state index in [1.807, 2.05) is 25.1 Å².